The largest absolute Gasteiger partial charge is 0.387 e. The van der Waals surface area contributed by atoms with Gasteiger partial charge in [0.25, 0.3) is 0 Å². The number of halogens is 1. The average Bonchev–Trinajstić information content (AvgIpc) is 2.89. The Kier molecular flexibility index (Phi) is 6.99. The Hall–Kier alpha value is -2.73. The molecule has 3 rings (SSSR count). The third-order valence-electron chi connectivity index (χ3n) is 5.34. The highest BCUT2D eigenvalue weighted by Crippen LogP contribution is 2.24. The summed E-state index contributed by atoms with van der Waals surface area (Å²) in [7, 11) is 0. The van der Waals surface area contributed by atoms with Gasteiger partial charge in [0.2, 0.25) is 11.8 Å². The first-order chi connectivity index (χ1) is 14.0. The quantitative estimate of drug-likeness (QED) is 0.814. The van der Waals surface area contributed by atoms with Crippen LogP contribution in [0.25, 0.3) is 11.1 Å². The van der Waals surface area contributed by atoms with Crippen LogP contribution in [0, 0.1) is 11.7 Å². The van der Waals surface area contributed by atoms with Crippen molar-refractivity contribution in [3.05, 3.63) is 59.9 Å². The van der Waals surface area contributed by atoms with Gasteiger partial charge in [0.15, 0.2) is 0 Å². The van der Waals surface area contributed by atoms with E-state index in [-0.39, 0.29) is 23.5 Å². The smallest absolute Gasteiger partial charge is 0.248 e. The summed E-state index contributed by atoms with van der Waals surface area (Å²) >= 11 is 0. The van der Waals surface area contributed by atoms with Crippen molar-refractivity contribution in [2.24, 2.45) is 5.92 Å². The van der Waals surface area contributed by atoms with Crippen LogP contribution >= 0.6 is 0 Å². The lowest BCUT2D eigenvalue weighted by atomic mass is 9.95. The molecule has 1 unspecified atom stereocenters. The van der Waals surface area contributed by atoms with Gasteiger partial charge in [-0.3, -0.25) is 9.59 Å². The number of carbonyl (C=O) groups is 2. The normalized spacial score (nSPS) is 17.3. The summed E-state index contributed by atoms with van der Waals surface area (Å²) in [5.74, 6) is -0.944. The van der Waals surface area contributed by atoms with Crippen LogP contribution < -0.4 is 0 Å². The SMILES string of the molecule is CCCN1CCN(C(=O)CO)CC(Cc2ccc(-c3ccccc3F)cc2)C1=O. The fraction of sp³-hybridized carbons (Fsp3) is 0.391. The van der Waals surface area contributed by atoms with E-state index >= 15 is 0 Å². The molecule has 0 saturated carbocycles. The van der Waals surface area contributed by atoms with Crippen LogP contribution in [0.1, 0.15) is 18.9 Å². The van der Waals surface area contributed by atoms with Crippen molar-refractivity contribution in [3.8, 4) is 11.1 Å². The van der Waals surface area contributed by atoms with Crippen molar-refractivity contribution in [1.82, 2.24) is 9.80 Å². The van der Waals surface area contributed by atoms with E-state index in [0.29, 0.717) is 38.2 Å². The molecule has 1 atom stereocenters. The zero-order valence-electron chi connectivity index (χ0n) is 16.7. The lowest BCUT2D eigenvalue weighted by molar-refractivity contribution is -0.135. The molecule has 5 nitrogen and oxygen atoms in total. The van der Waals surface area contributed by atoms with Gasteiger partial charge in [-0.1, -0.05) is 49.4 Å². The molecule has 2 amide bonds. The molecule has 0 aliphatic carbocycles. The van der Waals surface area contributed by atoms with Gasteiger partial charge >= 0.3 is 0 Å². The van der Waals surface area contributed by atoms with Gasteiger partial charge in [0, 0.05) is 31.7 Å². The molecule has 2 aromatic carbocycles. The van der Waals surface area contributed by atoms with Crippen molar-refractivity contribution < 1.29 is 19.1 Å². The van der Waals surface area contributed by atoms with E-state index in [2.05, 4.69) is 0 Å². The second-order valence-electron chi connectivity index (χ2n) is 7.40. The fourth-order valence-corrected chi connectivity index (χ4v) is 3.82. The van der Waals surface area contributed by atoms with Crippen molar-refractivity contribution in [2.75, 3.05) is 32.8 Å². The zero-order valence-corrected chi connectivity index (χ0v) is 16.7. The van der Waals surface area contributed by atoms with Crippen LogP contribution in [0.4, 0.5) is 4.39 Å². The van der Waals surface area contributed by atoms with Gasteiger partial charge in [-0.2, -0.15) is 0 Å². The molecule has 2 aromatic rings. The summed E-state index contributed by atoms with van der Waals surface area (Å²) in [6.45, 7) is 3.35. The molecular weight excluding hydrogens is 371 g/mol. The predicted molar refractivity (Wildman–Crippen MR) is 110 cm³/mol. The van der Waals surface area contributed by atoms with Crippen LogP contribution in [0.5, 0.6) is 0 Å². The Morgan fingerprint density at radius 3 is 2.52 bits per heavy atom. The van der Waals surface area contributed by atoms with E-state index in [4.69, 9.17) is 0 Å². The molecule has 1 saturated heterocycles. The summed E-state index contributed by atoms with van der Waals surface area (Å²) < 4.78 is 14.0. The first kappa shape index (κ1) is 21.0. The molecule has 0 spiro atoms. The van der Waals surface area contributed by atoms with Gasteiger partial charge in [0.1, 0.15) is 12.4 Å². The zero-order chi connectivity index (χ0) is 20.8. The minimum atomic E-state index is -0.550. The van der Waals surface area contributed by atoms with E-state index in [1.807, 2.05) is 36.1 Å². The maximum atomic E-state index is 14.0. The highest BCUT2D eigenvalue weighted by atomic mass is 19.1. The van der Waals surface area contributed by atoms with Gasteiger partial charge in [-0.05, 0) is 30.0 Å². The number of aliphatic hydroxyl groups excluding tert-OH is 1. The van der Waals surface area contributed by atoms with Crippen molar-refractivity contribution in [1.29, 1.82) is 0 Å². The lowest BCUT2D eigenvalue weighted by Crippen LogP contribution is -2.39. The number of hydrogen-bond donors (Lipinski definition) is 1. The Labute approximate surface area is 170 Å². The van der Waals surface area contributed by atoms with Crippen molar-refractivity contribution >= 4 is 11.8 Å². The van der Waals surface area contributed by atoms with Gasteiger partial charge in [-0.15, -0.1) is 0 Å². The first-order valence-corrected chi connectivity index (χ1v) is 10.0. The van der Waals surface area contributed by atoms with E-state index in [1.165, 1.54) is 6.07 Å². The molecule has 154 valence electrons. The van der Waals surface area contributed by atoms with Crippen LogP contribution in [-0.4, -0.2) is 59.5 Å². The standard InChI is InChI=1S/C23H27FN2O3/c1-2-11-25-12-13-26(22(28)16-27)15-19(23(25)29)14-17-7-9-18(10-8-17)20-5-3-4-6-21(20)24/h3-10,19,27H,2,11-16H2,1H3. The maximum Gasteiger partial charge on any atom is 0.248 e. The number of benzene rings is 2. The summed E-state index contributed by atoms with van der Waals surface area (Å²) in [5, 5.41) is 9.23. The average molecular weight is 398 g/mol. The molecule has 0 aromatic heterocycles. The minimum Gasteiger partial charge on any atom is -0.387 e. The number of hydrogen-bond acceptors (Lipinski definition) is 3. The molecule has 1 aliphatic heterocycles. The van der Waals surface area contributed by atoms with Crippen molar-refractivity contribution in [3.63, 3.8) is 0 Å². The number of nitrogens with zero attached hydrogens (tertiary/aromatic N) is 2. The molecule has 0 radical (unpaired) electrons. The van der Waals surface area contributed by atoms with E-state index in [9.17, 15) is 19.1 Å². The first-order valence-electron chi connectivity index (χ1n) is 10.0. The molecule has 1 aliphatic rings. The van der Waals surface area contributed by atoms with E-state index < -0.39 is 6.61 Å². The van der Waals surface area contributed by atoms with Gasteiger partial charge in [-0.25, -0.2) is 4.39 Å². The van der Waals surface area contributed by atoms with Gasteiger partial charge in [0.05, 0.1) is 5.92 Å². The fourth-order valence-electron chi connectivity index (χ4n) is 3.82. The molecule has 1 heterocycles. The molecule has 1 fully saturated rings. The van der Waals surface area contributed by atoms with Crippen LogP contribution in [0.15, 0.2) is 48.5 Å². The number of aliphatic hydroxyl groups is 1. The lowest BCUT2D eigenvalue weighted by Gasteiger charge is -2.23. The summed E-state index contributed by atoms with van der Waals surface area (Å²) in [4.78, 5) is 28.4. The highest BCUT2D eigenvalue weighted by molar-refractivity contribution is 5.82. The Balaban J connectivity index is 1.79. The summed E-state index contributed by atoms with van der Waals surface area (Å²) in [6.07, 6.45) is 1.34. The second-order valence-corrected chi connectivity index (χ2v) is 7.40. The molecule has 1 N–H and O–H groups in total. The predicted octanol–water partition coefficient (Wildman–Crippen LogP) is 2.72. The van der Waals surface area contributed by atoms with Crippen LogP contribution in [0.2, 0.25) is 0 Å². The second kappa shape index (κ2) is 9.65. The molecule has 6 heteroatoms. The Morgan fingerprint density at radius 2 is 1.86 bits per heavy atom. The number of amides is 2. The molecule has 0 bridgehead atoms. The number of rotatable bonds is 6. The number of carbonyl (C=O) groups excluding carboxylic acids is 2. The Bertz CT molecular complexity index is 853. The van der Waals surface area contributed by atoms with Crippen LogP contribution in [-0.2, 0) is 16.0 Å². The van der Waals surface area contributed by atoms with Gasteiger partial charge < -0.3 is 14.9 Å². The summed E-state index contributed by atoms with van der Waals surface area (Å²) in [6, 6.07) is 14.1. The topological polar surface area (TPSA) is 60.9 Å². The third-order valence-corrected chi connectivity index (χ3v) is 5.34. The summed E-state index contributed by atoms with van der Waals surface area (Å²) in [5.41, 5.74) is 2.28. The third kappa shape index (κ3) is 5.01. The van der Waals surface area contributed by atoms with E-state index in [0.717, 1.165) is 17.5 Å². The maximum absolute atomic E-state index is 14.0. The minimum absolute atomic E-state index is 0.0401. The highest BCUT2D eigenvalue weighted by Gasteiger charge is 2.31. The Morgan fingerprint density at radius 1 is 1.14 bits per heavy atom. The monoisotopic (exact) mass is 398 g/mol. The molecule has 29 heavy (non-hydrogen) atoms. The van der Waals surface area contributed by atoms with E-state index in [1.54, 1.807) is 23.1 Å². The molecular formula is C23H27FN2O3. The van der Waals surface area contributed by atoms with Crippen molar-refractivity contribution in [2.45, 2.75) is 19.8 Å². The van der Waals surface area contributed by atoms with Crippen LogP contribution in [0.3, 0.4) is 0 Å².